The minimum atomic E-state index is -0.496. The third kappa shape index (κ3) is 4.03. The average Bonchev–Trinajstić information content (AvgIpc) is 3.41. The SMILES string of the molecule is COc1ccc2nn(CC(=O)C3[C@H](C(C)C)C[C@H]4[C@@H]5CC[C@H]6C[C@](C)(O)CC[C@]6(C)[C@H]5CC[C@]34C)nc2c1. The van der Waals surface area contributed by atoms with Crippen LogP contribution in [0.25, 0.3) is 11.0 Å². The van der Waals surface area contributed by atoms with E-state index in [1.54, 1.807) is 11.9 Å². The van der Waals surface area contributed by atoms with Gasteiger partial charge in [-0.2, -0.15) is 15.0 Å². The van der Waals surface area contributed by atoms with Crippen molar-refractivity contribution in [3.63, 3.8) is 0 Å². The van der Waals surface area contributed by atoms with Gasteiger partial charge in [0.25, 0.3) is 0 Å². The molecule has 2 aromatic rings. The topological polar surface area (TPSA) is 77.2 Å². The molecule has 4 fully saturated rings. The van der Waals surface area contributed by atoms with E-state index in [1.165, 1.54) is 25.7 Å². The molecule has 208 valence electrons. The molecule has 0 aliphatic heterocycles. The summed E-state index contributed by atoms with van der Waals surface area (Å²) in [6.07, 6.45) is 9.08. The lowest BCUT2D eigenvalue weighted by molar-refractivity contribution is -0.151. The minimum Gasteiger partial charge on any atom is -0.497 e. The number of benzene rings is 1. The van der Waals surface area contributed by atoms with Crippen molar-refractivity contribution in [2.45, 2.75) is 98.1 Å². The number of rotatable bonds is 5. The van der Waals surface area contributed by atoms with Gasteiger partial charge in [0.05, 0.1) is 12.7 Å². The Balaban J connectivity index is 1.27. The first-order valence-electron chi connectivity index (χ1n) is 15.1. The van der Waals surface area contributed by atoms with Crippen molar-refractivity contribution in [2.75, 3.05) is 7.11 Å². The lowest BCUT2D eigenvalue weighted by Gasteiger charge is -2.61. The van der Waals surface area contributed by atoms with Crippen molar-refractivity contribution >= 4 is 16.8 Å². The van der Waals surface area contributed by atoms with E-state index in [4.69, 9.17) is 4.74 Å². The van der Waals surface area contributed by atoms with Gasteiger partial charge < -0.3 is 9.84 Å². The highest BCUT2D eigenvalue weighted by atomic mass is 16.5. The number of nitrogens with zero attached hydrogens (tertiary/aromatic N) is 3. The first-order valence-corrected chi connectivity index (χ1v) is 15.1. The summed E-state index contributed by atoms with van der Waals surface area (Å²) >= 11 is 0. The summed E-state index contributed by atoms with van der Waals surface area (Å²) in [7, 11) is 1.65. The van der Waals surface area contributed by atoms with Crippen LogP contribution in [0.1, 0.15) is 86.0 Å². The van der Waals surface area contributed by atoms with Gasteiger partial charge in [-0.05, 0) is 117 Å². The Hall–Kier alpha value is -1.95. The van der Waals surface area contributed by atoms with Gasteiger partial charge in [-0.25, -0.2) is 0 Å². The summed E-state index contributed by atoms with van der Waals surface area (Å²) in [4.78, 5) is 15.8. The standard InChI is InChI=1S/C32H47N3O3/c1-19(2)23-16-25-22-9-7-20-17-30(3,37)13-14-31(20,4)24(22)11-12-32(25,5)29(23)28(36)18-35-33-26-10-8-21(38-6)15-27(26)34-35/h8,10,15,19-20,22-25,29,37H,7,9,11-14,16-18H2,1-6H3/t20-,22+,23-,24-,25-,29?,30+,31-,32-/m0/s1. The molecule has 38 heavy (non-hydrogen) atoms. The summed E-state index contributed by atoms with van der Waals surface area (Å²) in [5.41, 5.74) is 1.45. The van der Waals surface area contributed by atoms with Crippen LogP contribution >= 0.6 is 0 Å². The van der Waals surface area contributed by atoms with Crippen LogP contribution in [0.4, 0.5) is 0 Å². The largest absolute Gasteiger partial charge is 0.497 e. The Morgan fingerprint density at radius 1 is 1.05 bits per heavy atom. The Kier molecular flexibility index (Phi) is 6.25. The molecule has 1 heterocycles. The number of carbonyl (C=O) groups excluding carboxylic acids is 1. The summed E-state index contributed by atoms with van der Waals surface area (Å²) in [5, 5.41) is 20.1. The maximum atomic E-state index is 14.2. The maximum Gasteiger partial charge on any atom is 0.160 e. The molecular formula is C32H47N3O3. The third-order valence-electron chi connectivity index (χ3n) is 12.2. The predicted molar refractivity (Wildman–Crippen MR) is 149 cm³/mol. The number of fused-ring (bicyclic) bond motifs is 6. The van der Waals surface area contributed by atoms with Crippen molar-refractivity contribution < 1.29 is 14.6 Å². The van der Waals surface area contributed by atoms with Crippen LogP contribution < -0.4 is 4.74 Å². The number of Topliss-reactive ketones (excluding diaryl/α,β-unsaturated/α-hetero) is 1. The molecule has 0 saturated heterocycles. The monoisotopic (exact) mass is 521 g/mol. The van der Waals surface area contributed by atoms with Gasteiger partial charge in [-0.3, -0.25) is 4.79 Å². The molecule has 1 unspecified atom stereocenters. The van der Waals surface area contributed by atoms with E-state index in [0.29, 0.717) is 40.8 Å². The summed E-state index contributed by atoms with van der Waals surface area (Å²) in [6, 6.07) is 5.69. The molecule has 0 spiro atoms. The Morgan fingerprint density at radius 3 is 2.55 bits per heavy atom. The molecule has 6 rings (SSSR count). The molecule has 1 aromatic heterocycles. The number of aliphatic hydroxyl groups is 1. The Labute approximate surface area is 227 Å². The lowest BCUT2D eigenvalue weighted by Crippen LogP contribution is -2.55. The highest BCUT2D eigenvalue weighted by Crippen LogP contribution is 2.69. The smallest absolute Gasteiger partial charge is 0.160 e. The van der Waals surface area contributed by atoms with E-state index in [-0.39, 0.29) is 17.9 Å². The summed E-state index contributed by atoms with van der Waals surface area (Å²) in [6.45, 7) is 11.9. The maximum absolute atomic E-state index is 14.2. The van der Waals surface area contributed by atoms with Crippen LogP contribution in [0.3, 0.4) is 0 Å². The molecule has 4 saturated carbocycles. The van der Waals surface area contributed by atoms with E-state index in [0.717, 1.165) is 48.4 Å². The quantitative estimate of drug-likeness (QED) is 0.500. The first-order chi connectivity index (χ1) is 17.9. The molecular weight excluding hydrogens is 474 g/mol. The highest BCUT2D eigenvalue weighted by Gasteiger charge is 2.64. The third-order valence-corrected chi connectivity index (χ3v) is 12.2. The number of methoxy groups -OCH3 is 1. The second kappa shape index (κ2) is 9.04. The molecule has 1 N–H and O–H groups in total. The number of hydrogen-bond donors (Lipinski definition) is 1. The zero-order valence-corrected chi connectivity index (χ0v) is 24.2. The molecule has 6 heteroatoms. The van der Waals surface area contributed by atoms with Crippen LogP contribution in [0.2, 0.25) is 0 Å². The molecule has 9 atom stereocenters. The van der Waals surface area contributed by atoms with E-state index >= 15 is 0 Å². The van der Waals surface area contributed by atoms with Crippen LogP contribution in [0, 0.1) is 52.3 Å². The number of hydrogen-bond acceptors (Lipinski definition) is 5. The van der Waals surface area contributed by atoms with E-state index in [2.05, 4.69) is 37.9 Å². The Bertz CT molecular complexity index is 1220. The fourth-order valence-corrected chi connectivity index (χ4v) is 10.2. The van der Waals surface area contributed by atoms with Gasteiger partial charge >= 0.3 is 0 Å². The minimum absolute atomic E-state index is 0.0480. The first kappa shape index (κ1) is 26.3. The van der Waals surface area contributed by atoms with Crippen LogP contribution in [-0.4, -0.2) is 38.6 Å². The zero-order valence-electron chi connectivity index (χ0n) is 24.2. The van der Waals surface area contributed by atoms with E-state index in [1.807, 2.05) is 25.1 Å². The number of carbonyl (C=O) groups is 1. The van der Waals surface area contributed by atoms with Crippen LogP contribution in [-0.2, 0) is 11.3 Å². The van der Waals surface area contributed by atoms with Gasteiger partial charge in [0.15, 0.2) is 5.78 Å². The predicted octanol–water partition coefficient (Wildman–Crippen LogP) is 6.30. The molecule has 4 aliphatic rings. The fraction of sp³-hybridized carbons (Fsp3) is 0.781. The van der Waals surface area contributed by atoms with Gasteiger partial charge in [0.1, 0.15) is 23.3 Å². The van der Waals surface area contributed by atoms with Crippen molar-refractivity contribution in [2.24, 2.45) is 52.3 Å². The molecule has 1 aromatic carbocycles. The summed E-state index contributed by atoms with van der Waals surface area (Å²) < 4.78 is 5.34. The van der Waals surface area contributed by atoms with E-state index in [9.17, 15) is 9.90 Å². The van der Waals surface area contributed by atoms with Gasteiger partial charge in [-0.1, -0.05) is 27.7 Å². The average molecular weight is 522 g/mol. The summed E-state index contributed by atoms with van der Waals surface area (Å²) in [5.74, 6) is 4.70. The lowest BCUT2D eigenvalue weighted by atomic mass is 9.44. The fourth-order valence-electron chi connectivity index (χ4n) is 10.2. The van der Waals surface area contributed by atoms with Crippen molar-refractivity contribution in [1.82, 2.24) is 15.0 Å². The van der Waals surface area contributed by atoms with Gasteiger partial charge in [0.2, 0.25) is 0 Å². The van der Waals surface area contributed by atoms with Gasteiger partial charge in [-0.15, -0.1) is 0 Å². The van der Waals surface area contributed by atoms with E-state index < -0.39 is 5.60 Å². The molecule has 4 aliphatic carbocycles. The van der Waals surface area contributed by atoms with Crippen LogP contribution in [0.5, 0.6) is 5.75 Å². The molecule has 6 nitrogen and oxygen atoms in total. The molecule has 0 amide bonds. The van der Waals surface area contributed by atoms with Gasteiger partial charge in [0, 0.05) is 12.0 Å². The van der Waals surface area contributed by atoms with Crippen molar-refractivity contribution in [3.05, 3.63) is 18.2 Å². The number of ketones is 1. The second-order valence-corrected chi connectivity index (χ2v) is 14.6. The van der Waals surface area contributed by atoms with Crippen molar-refractivity contribution in [1.29, 1.82) is 0 Å². The second-order valence-electron chi connectivity index (χ2n) is 14.6. The Morgan fingerprint density at radius 2 is 1.82 bits per heavy atom. The number of aromatic nitrogens is 3. The normalized spacial score (nSPS) is 42.5. The molecule has 0 radical (unpaired) electrons. The highest BCUT2D eigenvalue weighted by molar-refractivity contribution is 5.83. The zero-order chi connectivity index (χ0) is 27.0. The molecule has 0 bridgehead atoms. The van der Waals surface area contributed by atoms with Crippen LogP contribution in [0.15, 0.2) is 18.2 Å². The van der Waals surface area contributed by atoms with Crippen molar-refractivity contribution in [3.8, 4) is 5.75 Å². The number of ether oxygens (including phenoxy) is 1.